The third-order valence-corrected chi connectivity index (χ3v) is 5.78. The van der Waals surface area contributed by atoms with E-state index < -0.39 is 10.0 Å². The fourth-order valence-electron chi connectivity index (χ4n) is 2.09. The second-order valence-corrected chi connectivity index (χ2v) is 8.60. The Morgan fingerprint density at radius 1 is 1.33 bits per heavy atom. The average Bonchev–Trinajstić information content (AvgIpc) is 2.97. The quantitative estimate of drug-likeness (QED) is 0.789. The lowest BCUT2D eigenvalue weighted by Gasteiger charge is -2.10. The van der Waals surface area contributed by atoms with E-state index in [0.717, 1.165) is 14.3 Å². The molecular formula is C12H14N4O2S3. The number of aromatic nitrogens is 3. The highest BCUT2D eigenvalue weighted by Gasteiger charge is 2.23. The van der Waals surface area contributed by atoms with Crippen LogP contribution < -0.4 is 5.14 Å². The van der Waals surface area contributed by atoms with E-state index in [9.17, 15) is 8.42 Å². The van der Waals surface area contributed by atoms with Crippen LogP contribution in [0.2, 0.25) is 0 Å². The molecule has 0 radical (unpaired) electrons. The van der Waals surface area contributed by atoms with Gasteiger partial charge in [-0.05, 0) is 23.4 Å². The van der Waals surface area contributed by atoms with Crippen molar-refractivity contribution in [3.8, 4) is 10.7 Å². The van der Waals surface area contributed by atoms with Crippen LogP contribution in [0.5, 0.6) is 0 Å². The van der Waals surface area contributed by atoms with Gasteiger partial charge in [0, 0.05) is 15.9 Å². The van der Waals surface area contributed by atoms with Gasteiger partial charge in [-0.2, -0.15) is 0 Å². The van der Waals surface area contributed by atoms with Crippen molar-refractivity contribution in [1.82, 2.24) is 14.8 Å². The first-order valence-corrected chi connectivity index (χ1v) is 9.54. The van der Waals surface area contributed by atoms with Crippen LogP contribution in [0.1, 0.15) is 13.8 Å². The molecular weight excluding hydrogens is 328 g/mol. The van der Waals surface area contributed by atoms with Crippen LogP contribution >= 0.6 is 22.7 Å². The van der Waals surface area contributed by atoms with Crippen LogP contribution in [0.15, 0.2) is 22.7 Å². The molecule has 6 nitrogen and oxygen atoms in total. The molecule has 0 spiro atoms. The van der Waals surface area contributed by atoms with Gasteiger partial charge < -0.3 is 0 Å². The van der Waals surface area contributed by atoms with Crippen molar-refractivity contribution in [1.29, 1.82) is 0 Å². The number of hydrogen-bond acceptors (Lipinski definition) is 6. The van der Waals surface area contributed by atoms with Gasteiger partial charge >= 0.3 is 0 Å². The monoisotopic (exact) mass is 342 g/mol. The van der Waals surface area contributed by atoms with E-state index in [1.54, 1.807) is 27.2 Å². The lowest BCUT2D eigenvalue weighted by atomic mass is 10.2. The molecule has 0 atom stereocenters. The molecule has 0 aliphatic heterocycles. The number of sulfonamides is 1. The topological polar surface area (TPSA) is 90.9 Å². The van der Waals surface area contributed by atoms with E-state index in [4.69, 9.17) is 5.14 Å². The van der Waals surface area contributed by atoms with E-state index in [-0.39, 0.29) is 11.1 Å². The van der Waals surface area contributed by atoms with Gasteiger partial charge in [0.1, 0.15) is 0 Å². The maximum absolute atomic E-state index is 11.7. The molecule has 0 amide bonds. The molecule has 112 valence electrons. The number of hydrogen-bond donors (Lipinski definition) is 1. The molecule has 21 heavy (non-hydrogen) atoms. The Hall–Kier alpha value is -1.29. The Morgan fingerprint density at radius 3 is 2.71 bits per heavy atom. The van der Waals surface area contributed by atoms with E-state index in [1.807, 2.05) is 31.4 Å². The predicted octanol–water partition coefficient (Wildman–Crippen LogP) is 2.52. The number of rotatable bonds is 4. The van der Waals surface area contributed by atoms with Gasteiger partial charge in [-0.15, -0.1) is 32.9 Å². The first kappa shape index (κ1) is 14.6. The Balaban J connectivity index is 2.17. The molecule has 0 aliphatic carbocycles. The summed E-state index contributed by atoms with van der Waals surface area (Å²) < 4.78 is 27.2. The van der Waals surface area contributed by atoms with Crippen LogP contribution in [0.4, 0.5) is 0 Å². The van der Waals surface area contributed by atoms with Gasteiger partial charge in [0.2, 0.25) is 0 Å². The zero-order chi connectivity index (χ0) is 15.2. The van der Waals surface area contributed by atoms with Crippen molar-refractivity contribution < 1.29 is 8.42 Å². The van der Waals surface area contributed by atoms with E-state index in [2.05, 4.69) is 10.2 Å². The average molecular weight is 342 g/mol. The van der Waals surface area contributed by atoms with Crippen LogP contribution in [0.3, 0.4) is 0 Å². The number of thiophene rings is 2. The third-order valence-electron chi connectivity index (χ3n) is 2.88. The maximum atomic E-state index is 11.7. The first-order valence-electron chi connectivity index (χ1n) is 6.29. The van der Waals surface area contributed by atoms with Crippen LogP contribution in [0, 0.1) is 5.92 Å². The number of fused-ring (bicyclic) bond motifs is 1. The molecule has 0 bridgehead atoms. The van der Waals surface area contributed by atoms with Gasteiger partial charge in [0.15, 0.2) is 5.82 Å². The minimum absolute atomic E-state index is 0.178. The zero-order valence-electron chi connectivity index (χ0n) is 11.5. The normalized spacial score (nSPS) is 12.6. The fraction of sp³-hybridized carbons (Fsp3) is 0.333. The van der Waals surface area contributed by atoms with Crippen molar-refractivity contribution in [3.63, 3.8) is 0 Å². The van der Waals surface area contributed by atoms with Gasteiger partial charge in [-0.1, -0.05) is 13.8 Å². The summed E-state index contributed by atoms with van der Waals surface area (Å²) in [6.07, 6.45) is 0. The highest BCUT2D eigenvalue weighted by atomic mass is 32.2. The van der Waals surface area contributed by atoms with Crippen molar-refractivity contribution in [2.75, 3.05) is 0 Å². The van der Waals surface area contributed by atoms with E-state index in [0.29, 0.717) is 12.4 Å². The highest BCUT2D eigenvalue weighted by molar-refractivity contribution is 7.89. The molecule has 3 aromatic heterocycles. The van der Waals surface area contributed by atoms with Crippen molar-refractivity contribution in [2.24, 2.45) is 11.1 Å². The standard InChI is InChI=1S/C12H14N4O2S3/c1-7(2)6-16-11(14-15-12(16)21(13,17)18)10-5-9-8(20-10)3-4-19-9/h3-5,7H,6H2,1-2H3,(H2,13,17,18). The molecule has 2 N–H and O–H groups in total. The molecule has 0 unspecified atom stereocenters. The van der Waals surface area contributed by atoms with Crippen LogP contribution in [0.25, 0.3) is 20.1 Å². The lowest BCUT2D eigenvalue weighted by molar-refractivity contribution is 0.486. The number of primary sulfonamides is 1. The molecule has 0 aromatic carbocycles. The van der Waals surface area contributed by atoms with Gasteiger partial charge in [-0.25, -0.2) is 13.6 Å². The van der Waals surface area contributed by atoms with Gasteiger partial charge in [0.25, 0.3) is 15.2 Å². The zero-order valence-corrected chi connectivity index (χ0v) is 13.9. The second kappa shape index (κ2) is 5.16. The Kier molecular flexibility index (Phi) is 3.60. The van der Waals surface area contributed by atoms with Gasteiger partial charge in [0.05, 0.1) is 4.88 Å². The van der Waals surface area contributed by atoms with Gasteiger partial charge in [-0.3, -0.25) is 4.57 Å². The SMILES string of the molecule is CC(C)Cn1c(-c2cc3sccc3s2)nnc1S(N)(=O)=O. The fourth-order valence-corrected chi connectivity index (χ4v) is 4.81. The summed E-state index contributed by atoms with van der Waals surface area (Å²) >= 11 is 3.22. The molecule has 3 rings (SSSR count). The van der Waals surface area contributed by atoms with Crippen molar-refractivity contribution >= 4 is 42.1 Å². The smallest absolute Gasteiger partial charge is 0.273 e. The molecule has 0 aliphatic rings. The van der Waals surface area contributed by atoms with E-state index in [1.165, 1.54) is 0 Å². The Morgan fingerprint density at radius 2 is 2.10 bits per heavy atom. The summed E-state index contributed by atoms with van der Waals surface area (Å²) in [5, 5.41) is 14.9. The molecule has 3 aromatic rings. The number of nitrogens with zero attached hydrogens (tertiary/aromatic N) is 3. The summed E-state index contributed by atoms with van der Waals surface area (Å²) in [5.74, 6) is 0.808. The first-order chi connectivity index (χ1) is 9.86. The van der Waals surface area contributed by atoms with Crippen molar-refractivity contribution in [2.45, 2.75) is 25.5 Å². The molecule has 9 heteroatoms. The minimum atomic E-state index is -3.89. The highest BCUT2D eigenvalue weighted by Crippen LogP contribution is 2.36. The Bertz CT molecular complexity index is 860. The molecule has 0 saturated carbocycles. The number of nitrogens with two attached hydrogens (primary N) is 1. The van der Waals surface area contributed by atoms with Crippen LogP contribution in [-0.4, -0.2) is 23.2 Å². The molecule has 3 heterocycles. The predicted molar refractivity (Wildman–Crippen MR) is 84.9 cm³/mol. The summed E-state index contributed by atoms with van der Waals surface area (Å²) in [6.45, 7) is 4.51. The second-order valence-electron chi connectivity index (χ2n) is 5.12. The summed E-state index contributed by atoms with van der Waals surface area (Å²) in [6, 6.07) is 4.05. The minimum Gasteiger partial charge on any atom is -0.296 e. The summed E-state index contributed by atoms with van der Waals surface area (Å²) in [7, 11) is -3.89. The van der Waals surface area contributed by atoms with Crippen molar-refractivity contribution in [3.05, 3.63) is 17.5 Å². The molecule has 0 fully saturated rings. The van der Waals surface area contributed by atoms with E-state index >= 15 is 0 Å². The Labute approximate surface area is 130 Å². The largest absolute Gasteiger partial charge is 0.296 e. The maximum Gasteiger partial charge on any atom is 0.273 e. The third kappa shape index (κ3) is 2.73. The summed E-state index contributed by atoms with van der Waals surface area (Å²) in [5.41, 5.74) is 0. The molecule has 0 saturated heterocycles. The lowest BCUT2D eigenvalue weighted by Crippen LogP contribution is -2.20. The van der Waals surface area contributed by atoms with Crippen LogP contribution in [-0.2, 0) is 16.6 Å². The summed E-state index contributed by atoms with van der Waals surface area (Å²) in [4.78, 5) is 0.903.